The number of nitrogens with one attached hydrogen (secondary N) is 2. The molecular weight excluding hydrogens is 223 g/mol. The first kappa shape index (κ1) is 11.5. The number of aromatic nitrogens is 2. The minimum Gasteiger partial charge on any atom is -0.406 e. The van der Waals surface area contributed by atoms with Crippen LogP contribution < -0.4 is 10.6 Å². The molecule has 0 aliphatic carbocycles. The van der Waals surface area contributed by atoms with Crippen LogP contribution in [0.25, 0.3) is 0 Å². The van der Waals surface area contributed by atoms with E-state index in [1.165, 1.54) is 12.1 Å². The van der Waals surface area contributed by atoms with Gasteiger partial charge in [0.1, 0.15) is 5.82 Å². The summed E-state index contributed by atoms with van der Waals surface area (Å²) in [4.78, 5) is 0. The van der Waals surface area contributed by atoms with Gasteiger partial charge in [0.05, 0.1) is 6.54 Å². The van der Waals surface area contributed by atoms with Gasteiger partial charge < -0.3 is 15.1 Å². The van der Waals surface area contributed by atoms with Crippen LogP contribution >= 0.6 is 0 Å². The second-order valence-electron chi connectivity index (χ2n) is 3.67. The van der Waals surface area contributed by atoms with Crippen LogP contribution in [0, 0.1) is 12.7 Å². The fourth-order valence-corrected chi connectivity index (χ4v) is 1.46. The summed E-state index contributed by atoms with van der Waals surface area (Å²) >= 11 is 0. The van der Waals surface area contributed by atoms with Crippen molar-refractivity contribution in [3.63, 3.8) is 0 Å². The third-order valence-corrected chi connectivity index (χ3v) is 2.09. The summed E-state index contributed by atoms with van der Waals surface area (Å²) in [6.45, 7) is 2.31. The predicted octanol–water partition coefficient (Wildman–Crippen LogP) is 1.98. The molecule has 0 spiro atoms. The molecule has 0 aliphatic rings. The van der Waals surface area contributed by atoms with Gasteiger partial charge in [-0.1, -0.05) is 5.10 Å². The number of hydrogen-bond donors (Lipinski definition) is 2. The summed E-state index contributed by atoms with van der Waals surface area (Å²) in [5.41, 5.74) is 1.41. The first-order chi connectivity index (χ1) is 8.17. The highest BCUT2D eigenvalue weighted by Crippen LogP contribution is 2.18. The standard InChI is InChI=1S/C11H13FN4O/c1-7-3-8(12)5-9(4-7)14-11-16-15-10(17-11)6-13-2/h3-5,13H,6H2,1-2H3,(H,14,16). The molecule has 6 heteroatoms. The lowest BCUT2D eigenvalue weighted by molar-refractivity contribution is 0.493. The maximum atomic E-state index is 13.1. The summed E-state index contributed by atoms with van der Waals surface area (Å²) in [5.74, 6) is 0.172. The molecule has 0 amide bonds. The second-order valence-corrected chi connectivity index (χ2v) is 3.67. The minimum atomic E-state index is -0.303. The van der Waals surface area contributed by atoms with E-state index in [9.17, 15) is 4.39 Å². The smallest absolute Gasteiger partial charge is 0.320 e. The van der Waals surface area contributed by atoms with E-state index in [4.69, 9.17) is 4.42 Å². The van der Waals surface area contributed by atoms with Crippen molar-refractivity contribution in [2.24, 2.45) is 0 Å². The summed E-state index contributed by atoms with van der Waals surface area (Å²) in [6, 6.07) is 4.87. The van der Waals surface area contributed by atoms with Crippen LogP contribution in [0.5, 0.6) is 0 Å². The Hall–Kier alpha value is -1.95. The zero-order chi connectivity index (χ0) is 12.3. The number of halogens is 1. The SMILES string of the molecule is CNCc1nnc(Nc2cc(C)cc(F)c2)o1. The second kappa shape index (κ2) is 4.92. The Bertz CT molecular complexity index is 492. The van der Waals surface area contributed by atoms with Crippen molar-refractivity contribution >= 4 is 11.7 Å². The first-order valence-electron chi connectivity index (χ1n) is 5.18. The Labute approximate surface area is 98.1 Å². The lowest BCUT2D eigenvalue weighted by Crippen LogP contribution is -2.04. The summed E-state index contributed by atoms with van der Waals surface area (Å²) in [6.07, 6.45) is 0. The van der Waals surface area contributed by atoms with Crippen LogP contribution in [0.15, 0.2) is 22.6 Å². The molecule has 0 aliphatic heterocycles. The van der Waals surface area contributed by atoms with Crippen molar-refractivity contribution in [1.82, 2.24) is 15.5 Å². The quantitative estimate of drug-likeness (QED) is 0.849. The van der Waals surface area contributed by atoms with Gasteiger partial charge in [-0.3, -0.25) is 0 Å². The Morgan fingerprint density at radius 2 is 2.12 bits per heavy atom. The number of rotatable bonds is 4. The van der Waals surface area contributed by atoms with Gasteiger partial charge in [0.2, 0.25) is 5.89 Å². The summed E-state index contributed by atoms with van der Waals surface area (Å²) in [7, 11) is 1.78. The van der Waals surface area contributed by atoms with Crippen LogP contribution in [0.2, 0.25) is 0 Å². The Kier molecular flexibility index (Phi) is 3.34. The van der Waals surface area contributed by atoms with Crippen LogP contribution in [0.4, 0.5) is 16.1 Å². The third-order valence-electron chi connectivity index (χ3n) is 2.09. The molecule has 0 saturated carbocycles. The lowest BCUT2D eigenvalue weighted by atomic mass is 10.2. The molecule has 2 rings (SSSR count). The normalized spacial score (nSPS) is 10.5. The van der Waals surface area contributed by atoms with Gasteiger partial charge in [-0.2, -0.15) is 0 Å². The van der Waals surface area contributed by atoms with Gasteiger partial charge in [0, 0.05) is 5.69 Å². The predicted molar refractivity (Wildman–Crippen MR) is 61.5 cm³/mol. The maximum absolute atomic E-state index is 13.1. The van der Waals surface area contributed by atoms with Gasteiger partial charge in [0.15, 0.2) is 0 Å². The van der Waals surface area contributed by atoms with Crippen molar-refractivity contribution in [2.45, 2.75) is 13.5 Å². The van der Waals surface area contributed by atoms with Crippen molar-refractivity contribution in [1.29, 1.82) is 0 Å². The van der Waals surface area contributed by atoms with Crippen molar-refractivity contribution in [3.8, 4) is 0 Å². The highest BCUT2D eigenvalue weighted by Gasteiger charge is 2.06. The molecule has 2 aromatic rings. The summed E-state index contributed by atoms with van der Waals surface area (Å²) in [5, 5.41) is 13.4. The minimum absolute atomic E-state index is 0.250. The Morgan fingerprint density at radius 3 is 2.82 bits per heavy atom. The largest absolute Gasteiger partial charge is 0.406 e. The van der Waals surface area contributed by atoms with E-state index in [-0.39, 0.29) is 11.8 Å². The van der Waals surface area contributed by atoms with Gasteiger partial charge in [-0.05, 0) is 37.7 Å². The van der Waals surface area contributed by atoms with E-state index in [2.05, 4.69) is 20.8 Å². The van der Waals surface area contributed by atoms with E-state index in [0.29, 0.717) is 18.1 Å². The van der Waals surface area contributed by atoms with Crippen LogP contribution in [0.3, 0.4) is 0 Å². The van der Waals surface area contributed by atoms with Gasteiger partial charge in [0.25, 0.3) is 0 Å². The van der Waals surface area contributed by atoms with Crippen molar-refractivity contribution in [3.05, 3.63) is 35.5 Å². The fourth-order valence-electron chi connectivity index (χ4n) is 1.46. The van der Waals surface area contributed by atoms with Crippen molar-refractivity contribution < 1.29 is 8.81 Å². The molecule has 0 radical (unpaired) electrons. The van der Waals surface area contributed by atoms with E-state index in [1.807, 2.05) is 6.92 Å². The van der Waals surface area contributed by atoms with E-state index >= 15 is 0 Å². The third kappa shape index (κ3) is 3.01. The van der Waals surface area contributed by atoms with E-state index in [1.54, 1.807) is 13.1 Å². The molecule has 1 aromatic heterocycles. The van der Waals surface area contributed by atoms with Gasteiger partial charge >= 0.3 is 6.01 Å². The topological polar surface area (TPSA) is 63.0 Å². The van der Waals surface area contributed by atoms with Crippen LogP contribution in [-0.2, 0) is 6.54 Å². The molecule has 0 unspecified atom stereocenters. The van der Waals surface area contributed by atoms with E-state index in [0.717, 1.165) is 5.56 Å². The molecule has 1 heterocycles. The number of benzene rings is 1. The van der Waals surface area contributed by atoms with Gasteiger partial charge in [-0.15, -0.1) is 5.10 Å². The van der Waals surface area contributed by atoms with Crippen LogP contribution in [-0.4, -0.2) is 17.2 Å². The highest BCUT2D eigenvalue weighted by molar-refractivity contribution is 5.53. The maximum Gasteiger partial charge on any atom is 0.320 e. The Morgan fingerprint density at radius 1 is 1.29 bits per heavy atom. The lowest BCUT2D eigenvalue weighted by Gasteiger charge is -2.02. The monoisotopic (exact) mass is 236 g/mol. The Balaban J connectivity index is 2.13. The fraction of sp³-hybridized carbons (Fsp3) is 0.273. The number of aryl methyl sites for hydroxylation is 1. The van der Waals surface area contributed by atoms with Crippen molar-refractivity contribution in [2.75, 3.05) is 12.4 Å². The first-order valence-corrected chi connectivity index (χ1v) is 5.18. The number of nitrogens with zero attached hydrogens (tertiary/aromatic N) is 2. The molecule has 0 atom stereocenters. The molecule has 0 bridgehead atoms. The molecule has 5 nitrogen and oxygen atoms in total. The molecule has 0 saturated heterocycles. The number of hydrogen-bond acceptors (Lipinski definition) is 5. The molecule has 0 fully saturated rings. The summed E-state index contributed by atoms with van der Waals surface area (Å²) < 4.78 is 18.4. The zero-order valence-corrected chi connectivity index (χ0v) is 9.62. The highest BCUT2D eigenvalue weighted by atomic mass is 19.1. The molecular formula is C11H13FN4O. The van der Waals surface area contributed by atoms with E-state index < -0.39 is 0 Å². The molecule has 2 N–H and O–H groups in total. The average molecular weight is 236 g/mol. The molecule has 17 heavy (non-hydrogen) atoms. The van der Waals surface area contributed by atoms with Gasteiger partial charge in [-0.25, -0.2) is 4.39 Å². The molecule has 1 aromatic carbocycles. The average Bonchev–Trinajstić information content (AvgIpc) is 2.64. The zero-order valence-electron chi connectivity index (χ0n) is 9.62. The molecule has 90 valence electrons. The van der Waals surface area contributed by atoms with Crippen LogP contribution in [0.1, 0.15) is 11.5 Å². The number of anilines is 2.